The number of para-hydroxylation sites is 2. The van der Waals surface area contributed by atoms with Gasteiger partial charge < -0.3 is 14.6 Å². The molecule has 4 aromatic rings. The minimum atomic E-state index is -0.854. The molecule has 2 heterocycles. The highest BCUT2D eigenvalue weighted by atomic mass is 35.5. The SMILES string of the molecule is O=C(NCCc1ccccc1)[C@H]1CN(C(=O)c2cc(-c3ccc(Cl)cc3)on2)c2ccccc2O1. The van der Waals surface area contributed by atoms with Crippen LogP contribution >= 0.6 is 11.6 Å². The first-order valence-electron chi connectivity index (χ1n) is 11.2. The molecule has 1 atom stereocenters. The molecule has 0 unspecified atom stereocenters. The second-order valence-corrected chi connectivity index (χ2v) is 8.54. The van der Waals surface area contributed by atoms with Gasteiger partial charge in [-0.2, -0.15) is 0 Å². The Morgan fingerprint density at radius 2 is 1.74 bits per heavy atom. The van der Waals surface area contributed by atoms with Gasteiger partial charge in [-0.25, -0.2) is 0 Å². The van der Waals surface area contributed by atoms with Gasteiger partial charge in [0, 0.05) is 23.2 Å². The number of aromatic nitrogens is 1. The van der Waals surface area contributed by atoms with Crippen molar-refractivity contribution in [2.24, 2.45) is 0 Å². The van der Waals surface area contributed by atoms with Crippen molar-refractivity contribution in [3.8, 4) is 17.1 Å². The fourth-order valence-corrected chi connectivity index (χ4v) is 4.04. The van der Waals surface area contributed by atoms with E-state index in [-0.39, 0.29) is 24.1 Å². The van der Waals surface area contributed by atoms with E-state index in [1.54, 1.807) is 48.5 Å². The van der Waals surface area contributed by atoms with Gasteiger partial charge in [0.15, 0.2) is 17.6 Å². The number of hydrogen-bond acceptors (Lipinski definition) is 5. The largest absolute Gasteiger partial charge is 0.477 e. The van der Waals surface area contributed by atoms with Crippen LogP contribution in [0.1, 0.15) is 16.1 Å². The van der Waals surface area contributed by atoms with E-state index >= 15 is 0 Å². The Morgan fingerprint density at radius 3 is 2.54 bits per heavy atom. The van der Waals surface area contributed by atoms with Crippen molar-refractivity contribution in [1.29, 1.82) is 0 Å². The van der Waals surface area contributed by atoms with E-state index in [0.29, 0.717) is 35.2 Å². The van der Waals surface area contributed by atoms with Crippen molar-refractivity contribution in [2.45, 2.75) is 12.5 Å². The van der Waals surface area contributed by atoms with Gasteiger partial charge >= 0.3 is 0 Å². The van der Waals surface area contributed by atoms with E-state index in [1.807, 2.05) is 36.4 Å². The number of ether oxygens (including phenoxy) is 1. The molecule has 0 saturated heterocycles. The molecule has 1 N–H and O–H groups in total. The number of carbonyl (C=O) groups is 2. The van der Waals surface area contributed by atoms with Crippen LogP contribution in [-0.2, 0) is 11.2 Å². The van der Waals surface area contributed by atoms with Crippen LogP contribution in [0.25, 0.3) is 11.3 Å². The molecular formula is C27H22ClN3O4. The molecule has 1 aromatic heterocycles. The highest BCUT2D eigenvalue weighted by Gasteiger charge is 2.35. The average molecular weight is 488 g/mol. The van der Waals surface area contributed by atoms with Crippen molar-refractivity contribution in [3.63, 3.8) is 0 Å². The summed E-state index contributed by atoms with van der Waals surface area (Å²) in [5.74, 6) is 0.237. The van der Waals surface area contributed by atoms with Crippen LogP contribution in [0.3, 0.4) is 0 Å². The van der Waals surface area contributed by atoms with Crippen LogP contribution < -0.4 is 15.0 Å². The Morgan fingerprint density at radius 1 is 1.00 bits per heavy atom. The summed E-state index contributed by atoms with van der Waals surface area (Å²) in [5.41, 5.74) is 2.58. The summed E-state index contributed by atoms with van der Waals surface area (Å²) in [4.78, 5) is 27.8. The zero-order valence-corrected chi connectivity index (χ0v) is 19.4. The summed E-state index contributed by atoms with van der Waals surface area (Å²) < 4.78 is 11.3. The standard InChI is InChI=1S/C27H22ClN3O4/c28-20-12-10-19(11-13-20)24-16-21(30-35-24)27(33)31-17-25(34-23-9-5-4-8-22(23)31)26(32)29-15-14-18-6-2-1-3-7-18/h1-13,16,25H,14-15,17H2,(H,29,32)/t25-/m1/s1. The van der Waals surface area contributed by atoms with Crippen LogP contribution in [0.4, 0.5) is 5.69 Å². The Kier molecular flexibility index (Phi) is 6.50. The number of rotatable bonds is 6. The molecular weight excluding hydrogens is 466 g/mol. The van der Waals surface area contributed by atoms with Crippen molar-refractivity contribution in [1.82, 2.24) is 10.5 Å². The number of nitrogens with one attached hydrogen (secondary N) is 1. The first-order chi connectivity index (χ1) is 17.1. The van der Waals surface area contributed by atoms with E-state index in [2.05, 4.69) is 10.5 Å². The predicted molar refractivity (Wildman–Crippen MR) is 133 cm³/mol. The van der Waals surface area contributed by atoms with E-state index in [0.717, 1.165) is 11.1 Å². The third-order valence-corrected chi connectivity index (χ3v) is 5.98. The third-order valence-electron chi connectivity index (χ3n) is 5.73. The minimum absolute atomic E-state index is 0.0517. The second-order valence-electron chi connectivity index (χ2n) is 8.10. The number of anilines is 1. The van der Waals surface area contributed by atoms with Crippen LogP contribution in [0, 0.1) is 0 Å². The zero-order chi connectivity index (χ0) is 24.2. The molecule has 35 heavy (non-hydrogen) atoms. The number of nitrogens with zero attached hydrogens (tertiary/aromatic N) is 2. The second kappa shape index (κ2) is 10.0. The topological polar surface area (TPSA) is 84.7 Å². The number of amides is 2. The summed E-state index contributed by atoms with van der Waals surface area (Å²) in [6, 6.07) is 25.6. The van der Waals surface area contributed by atoms with Crippen molar-refractivity contribution in [2.75, 3.05) is 18.0 Å². The fourth-order valence-electron chi connectivity index (χ4n) is 3.92. The minimum Gasteiger partial charge on any atom is -0.477 e. The molecule has 7 nitrogen and oxygen atoms in total. The van der Waals surface area contributed by atoms with Gasteiger partial charge in [0.05, 0.1) is 12.2 Å². The van der Waals surface area contributed by atoms with Crippen molar-refractivity contribution in [3.05, 3.63) is 101 Å². The van der Waals surface area contributed by atoms with E-state index in [1.165, 1.54) is 4.90 Å². The Bertz CT molecular complexity index is 1340. The molecule has 0 bridgehead atoms. The lowest BCUT2D eigenvalue weighted by atomic mass is 10.1. The van der Waals surface area contributed by atoms with Crippen LogP contribution in [0.15, 0.2) is 89.5 Å². The number of halogens is 1. The van der Waals surface area contributed by atoms with Gasteiger partial charge in [0.25, 0.3) is 11.8 Å². The molecule has 1 aliphatic rings. The van der Waals surface area contributed by atoms with Crippen LogP contribution in [-0.4, -0.2) is 36.2 Å². The summed E-state index contributed by atoms with van der Waals surface area (Å²) in [6.07, 6.45) is -0.155. The molecule has 0 radical (unpaired) electrons. The average Bonchev–Trinajstić information content (AvgIpc) is 3.39. The van der Waals surface area contributed by atoms with Crippen molar-refractivity contribution >= 4 is 29.1 Å². The molecule has 176 valence electrons. The molecule has 0 saturated carbocycles. The quantitative estimate of drug-likeness (QED) is 0.424. The maximum Gasteiger partial charge on any atom is 0.280 e. The van der Waals surface area contributed by atoms with E-state index in [4.69, 9.17) is 20.9 Å². The van der Waals surface area contributed by atoms with Gasteiger partial charge in [-0.1, -0.05) is 59.2 Å². The highest BCUT2D eigenvalue weighted by Crippen LogP contribution is 2.34. The monoisotopic (exact) mass is 487 g/mol. The molecule has 3 aromatic carbocycles. The third kappa shape index (κ3) is 5.05. The maximum absolute atomic E-state index is 13.4. The molecule has 0 aliphatic carbocycles. The van der Waals surface area contributed by atoms with Gasteiger partial charge in [0.1, 0.15) is 5.75 Å². The lowest BCUT2D eigenvalue weighted by molar-refractivity contribution is -0.127. The number of benzene rings is 3. The van der Waals surface area contributed by atoms with Crippen molar-refractivity contribution < 1.29 is 18.8 Å². The Labute approximate surface area is 207 Å². The Balaban J connectivity index is 1.32. The smallest absolute Gasteiger partial charge is 0.280 e. The van der Waals surface area contributed by atoms with Gasteiger partial charge in [-0.15, -0.1) is 0 Å². The molecule has 8 heteroatoms. The lowest BCUT2D eigenvalue weighted by Gasteiger charge is -2.33. The van der Waals surface area contributed by atoms with Gasteiger partial charge in [-0.05, 0) is 48.4 Å². The van der Waals surface area contributed by atoms with Gasteiger partial charge in [0.2, 0.25) is 0 Å². The van der Waals surface area contributed by atoms with Crippen LogP contribution in [0.2, 0.25) is 5.02 Å². The summed E-state index contributed by atoms with van der Waals surface area (Å²) in [7, 11) is 0. The zero-order valence-electron chi connectivity index (χ0n) is 18.7. The summed E-state index contributed by atoms with van der Waals surface area (Å²) >= 11 is 5.95. The predicted octanol–water partition coefficient (Wildman–Crippen LogP) is 4.76. The first-order valence-corrected chi connectivity index (χ1v) is 11.6. The summed E-state index contributed by atoms with van der Waals surface area (Å²) in [5, 5.41) is 7.49. The molecule has 1 aliphatic heterocycles. The molecule has 0 spiro atoms. The molecule has 2 amide bonds. The first kappa shape index (κ1) is 22.7. The number of carbonyl (C=O) groups excluding carboxylic acids is 2. The fraction of sp³-hybridized carbons (Fsp3) is 0.148. The van der Waals surface area contributed by atoms with E-state index < -0.39 is 6.10 Å². The molecule has 0 fully saturated rings. The molecule has 5 rings (SSSR count). The van der Waals surface area contributed by atoms with Gasteiger partial charge in [-0.3, -0.25) is 14.5 Å². The number of fused-ring (bicyclic) bond motifs is 1. The summed E-state index contributed by atoms with van der Waals surface area (Å²) in [6.45, 7) is 0.516. The Hall–Kier alpha value is -4.10. The lowest BCUT2D eigenvalue weighted by Crippen LogP contribution is -2.51. The van der Waals surface area contributed by atoms with Crippen LogP contribution in [0.5, 0.6) is 5.75 Å². The highest BCUT2D eigenvalue weighted by molar-refractivity contribution is 6.30. The van der Waals surface area contributed by atoms with E-state index in [9.17, 15) is 9.59 Å². The maximum atomic E-state index is 13.4. The number of hydrogen-bond donors (Lipinski definition) is 1. The normalized spacial score (nSPS) is 14.7.